The molecule has 0 aliphatic carbocycles. The number of carbonyl (C=O) groups excluding carboxylic acids is 1. The standard InChI is InChI=1S/C23H23N3O4S/c1-26-21-19(22(28)25-23(26)31-13-14-8-5-4-6-9-14)16(12-18(27)24-21)15-10-7-11-17(29-2)20(15)30-3/h4-11,16H,12-13H2,1-3H3,(H,24,27)/t16-/m0/s1. The van der Waals surface area contributed by atoms with E-state index in [1.165, 1.54) is 11.8 Å². The number of methoxy groups -OCH3 is 2. The van der Waals surface area contributed by atoms with Crippen molar-refractivity contribution in [3.8, 4) is 11.5 Å². The maximum atomic E-state index is 13.1. The molecule has 4 rings (SSSR count). The minimum atomic E-state index is -0.479. The second-order valence-electron chi connectivity index (χ2n) is 7.18. The predicted octanol–water partition coefficient (Wildman–Crippen LogP) is 3.56. The van der Waals surface area contributed by atoms with Crippen molar-refractivity contribution in [1.29, 1.82) is 0 Å². The molecule has 0 radical (unpaired) electrons. The summed E-state index contributed by atoms with van der Waals surface area (Å²) in [6.07, 6.45) is 0.129. The summed E-state index contributed by atoms with van der Waals surface area (Å²) in [6, 6.07) is 15.4. The van der Waals surface area contributed by atoms with Gasteiger partial charge in [0.05, 0.1) is 19.8 Å². The lowest BCUT2D eigenvalue weighted by Crippen LogP contribution is -2.33. The molecular formula is C23H23N3O4S. The van der Waals surface area contributed by atoms with Crippen LogP contribution in [0.3, 0.4) is 0 Å². The first kappa shape index (κ1) is 21.0. The van der Waals surface area contributed by atoms with Gasteiger partial charge in [-0.25, -0.2) is 0 Å². The lowest BCUT2D eigenvalue weighted by atomic mass is 9.86. The minimum absolute atomic E-state index is 0.129. The number of nitrogens with zero attached hydrogens (tertiary/aromatic N) is 2. The first-order valence-electron chi connectivity index (χ1n) is 9.81. The molecule has 0 saturated carbocycles. The van der Waals surface area contributed by atoms with Gasteiger partial charge in [-0.3, -0.25) is 9.59 Å². The Hall–Kier alpha value is -3.26. The van der Waals surface area contributed by atoms with Gasteiger partial charge in [0.1, 0.15) is 5.82 Å². The Morgan fingerprint density at radius 1 is 1.10 bits per heavy atom. The average Bonchev–Trinajstić information content (AvgIpc) is 2.79. The maximum Gasteiger partial charge on any atom is 0.279 e. The van der Waals surface area contributed by atoms with Crippen LogP contribution in [0.15, 0.2) is 58.5 Å². The number of fused-ring (bicyclic) bond motifs is 1. The summed E-state index contributed by atoms with van der Waals surface area (Å²) < 4.78 is 12.7. The van der Waals surface area contributed by atoms with Gasteiger partial charge in [-0.2, -0.15) is 4.98 Å². The van der Waals surface area contributed by atoms with Crippen molar-refractivity contribution in [2.45, 2.75) is 23.2 Å². The first-order chi connectivity index (χ1) is 15.0. The lowest BCUT2D eigenvalue weighted by molar-refractivity contribution is -0.116. The molecule has 31 heavy (non-hydrogen) atoms. The Morgan fingerprint density at radius 3 is 2.58 bits per heavy atom. The Bertz CT molecular complexity index is 1180. The fourth-order valence-electron chi connectivity index (χ4n) is 3.84. The molecule has 160 valence electrons. The van der Waals surface area contributed by atoms with Crippen LogP contribution in [-0.2, 0) is 17.6 Å². The second kappa shape index (κ2) is 8.85. The fourth-order valence-corrected chi connectivity index (χ4v) is 4.76. The molecule has 1 amide bonds. The van der Waals surface area contributed by atoms with Crippen molar-refractivity contribution < 1.29 is 14.3 Å². The lowest BCUT2D eigenvalue weighted by Gasteiger charge is -2.28. The van der Waals surface area contributed by atoms with Crippen molar-refractivity contribution >= 4 is 23.5 Å². The van der Waals surface area contributed by atoms with E-state index >= 15 is 0 Å². The van der Waals surface area contributed by atoms with Crippen molar-refractivity contribution in [3.63, 3.8) is 0 Å². The number of para-hydroxylation sites is 1. The highest BCUT2D eigenvalue weighted by atomic mass is 32.2. The summed E-state index contributed by atoms with van der Waals surface area (Å²) in [5, 5.41) is 3.42. The number of hydrogen-bond acceptors (Lipinski definition) is 6. The molecule has 0 unspecified atom stereocenters. The van der Waals surface area contributed by atoms with E-state index in [-0.39, 0.29) is 17.9 Å². The number of benzene rings is 2. The van der Waals surface area contributed by atoms with Gasteiger partial charge >= 0.3 is 0 Å². The zero-order chi connectivity index (χ0) is 22.0. The second-order valence-corrected chi connectivity index (χ2v) is 8.13. The molecule has 0 spiro atoms. The number of anilines is 1. The van der Waals surface area contributed by atoms with Crippen molar-refractivity contribution in [2.24, 2.45) is 7.05 Å². The average molecular weight is 438 g/mol. The third kappa shape index (κ3) is 4.03. The monoisotopic (exact) mass is 437 g/mol. The van der Waals surface area contributed by atoms with E-state index in [4.69, 9.17) is 9.47 Å². The summed E-state index contributed by atoms with van der Waals surface area (Å²) in [6.45, 7) is 0. The summed E-state index contributed by atoms with van der Waals surface area (Å²) in [5.74, 6) is 1.56. The van der Waals surface area contributed by atoms with Gasteiger partial charge in [-0.1, -0.05) is 54.2 Å². The van der Waals surface area contributed by atoms with E-state index in [9.17, 15) is 9.59 Å². The van der Waals surface area contributed by atoms with Gasteiger partial charge in [0.25, 0.3) is 5.56 Å². The van der Waals surface area contributed by atoms with E-state index in [1.807, 2.05) is 49.5 Å². The van der Waals surface area contributed by atoms with Crippen LogP contribution in [0.4, 0.5) is 5.82 Å². The highest BCUT2D eigenvalue weighted by Gasteiger charge is 2.34. The number of thioether (sulfide) groups is 1. The molecule has 0 saturated heterocycles. The van der Waals surface area contributed by atoms with Gasteiger partial charge in [0.2, 0.25) is 5.91 Å². The van der Waals surface area contributed by atoms with Crippen LogP contribution in [-0.4, -0.2) is 29.7 Å². The topological polar surface area (TPSA) is 82.5 Å². The highest BCUT2D eigenvalue weighted by molar-refractivity contribution is 7.98. The SMILES string of the molecule is COc1cccc([C@@H]2CC(=O)Nc3c2c(=O)nc(SCc2ccccc2)n3C)c1OC. The largest absolute Gasteiger partial charge is 0.493 e. The van der Waals surface area contributed by atoms with Crippen LogP contribution >= 0.6 is 11.8 Å². The first-order valence-corrected chi connectivity index (χ1v) is 10.8. The van der Waals surface area contributed by atoms with Gasteiger partial charge in [-0.05, 0) is 11.6 Å². The van der Waals surface area contributed by atoms with Gasteiger partial charge in [0, 0.05) is 30.7 Å². The van der Waals surface area contributed by atoms with E-state index in [1.54, 1.807) is 24.9 Å². The zero-order valence-corrected chi connectivity index (χ0v) is 18.4. The number of amides is 1. The fraction of sp³-hybridized carbons (Fsp3) is 0.261. The van der Waals surface area contributed by atoms with E-state index < -0.39 is 5.92 Å². The van der Waals surface area contributed by atoms with E-state index in [0.29, 0.717) is 33.8 Å². The van der Waals surface area contributed by atoms with Crippen molar-refractivity contribution in [3.05, 3.63) is 75.6 Å². The molecule has 1 N–H and O–H groups in total. The summed E-state index contributed by atoms with van der Waals surface area (Å²) >= 11 is 1.45. The normalized spacial score (nSPS) is 15.2. The van der Waals surface area contributed by atoms with Crippen LogP contribution in [0.2, 0.25) is 0 Å². The molecule has 2 aromatic carbocycles. The number of aromatic nitrogens is 2. The molecule has 1 aliphatic rings. The van der Waals surface area contributed by atoms with Gasteiger partial charge in [0.15, 0.2) is 16.7 Å². The van der Waals surface area contributed by atoms with Crippen molar-refractivity contribution in [2.75, 3.05) is 19.5 Å². The smallest absolute Gasteiger partial charge is 0.279 e. The molecule has 1 aliphatic heterocycles. The Balaban J connectivity index is 1.78. The molecular weight excluding hydrogens is 414 g/mol. The van der Waals surface area contributed by atoms with Crippen LogP contribution in [0.25, 0.3) is 0 Å². The van der Waals surface area contributed by atoms with E-state index in [2.05, 4.69) is 10.3 Å². The molecule has 0 fully saturated rings. The number of hydrogen-bond donors (Lipinski definition) is 1. The molecule has 7 nitrogen and oxygen atoms in total. The zero-order valence-electron chi connectivity index (χ0n) is 17.5. The number of nitrogens with one attached hydrogen (secondary N) is 1. The van der Waals surface area contributed by atoms with Crippen LogP contribution < -0.4 is 20.3 Å². The van der Waals surface area contributed by atoms with Crippen LogP contribution in [0.1, 0.15) is 29.0 Å². The molecule has 1 aromatic heterocycles. The minimum Gasteiger partial charge on any atom is -0.493 e. The third-order valence-electron chi connectivity index (χ3n) is 5.32. The highest BCUT2D eigenvalue weighted by Crippen LogP contribution is 2.43. The van der Waals surface area contributed by atoms with Gasteiger partial charge < -0.3 is 19.4 Å². The molecule has 8 heteroatoms. The molecule has 0 bridgehead atoms. The quantitative estimate of drug-likeness (QED) is 0.469. The van der Waals surface area contributed by atoms with E-state index in [0.717, 1.165) is 11.1 Å². The maximum absolute atomic E-state index is 13.1. The van der Waals surface area contributed by atoms with Crippen LogP contribution in [0, 0.1) is 0 Å². The number of rotatable bonds is 6. The number of carbonyl (C=O) groups is 1. The van der Waals surface area contributed by atoms with Crippen molar-refractivity contribution in [1.82, 2.24) is 9.55 Å². The molecule has 3 aromatic rings. The summed E-state index contributed by atoms with van der Waals surface area (Å²) in [5.41, 5.74) is 1.96. The Morgan fingerprint density at radius 2 is 1.87 bits per heavy atom. The summed E-state index contributed by atoms with van der Waals surface area (Å²) in [7, 11) is 4.91. The number of ether oxygens (including phenoxy) is 2. The molecule has 1 atom stereocenters. The van der Waals surface area contributed by atoms with Gasteiger partial charge in [-0.15, -0.1) is 0 Å². The Kier molecular flexibility index (Phi) is 5.99. The predicted molar refractivity (Wildman–Crippen MR) is 120 cm³/mol. The summed E-state index contributed by atoms with van der Waals surface area (Å²) in [4.78, 5) is 30.1. The molecule has 2 heterocycles. The third-order valence-corrected chi connectivity index (χ3v) is 6.42. The van der Waals surface area contributed by atoms with Crippen LogP contribution in [0.5, 0.6) is 11.5 Å². The Labute approximate surface area is 184 Å².